The second kappa shape index (κ2) is 9.67. The largest absolute Gasteiger partial charge is 0.450 e. The van der Waals surface area contributed by atoms with Crippen LogP contribution >= 0.6 is 0 Å². The Kier molecular flexibility index (Phi) is 8.69. The molecule has 0 saturated heterocycles. The number of carbonyl (C=O) groups is 1. The van der Waals surface area contributed by atoms with E-state index in [-0.39, 0.29) is 0 Å². The van der Waals surface area contributed by atoms with Gasteiger partial charge >= 0.3 is 6.09 Å². The van der Waals surface area contributed by atoms with Gasteiger partial charge in [-0.25, -0.2) is 4.79 Å². The monoisotopic (exact) mass is 200 g/mol. The summed E-state index contributed by atoms with van der Waals surface area (Å²) in [5, 5.41) is 5.89. The predicted octanol–water partition coefficient (Wildman–Crippen LogP) is 2.21. The van der Waals surface area contributed by atoms with Crippen molar-refractivity contribution in [1.29, 1.82) is 0 Å². The van der Waals surface area contributed by atoms with Crippen molar-refractivity contribution < 1.29 is 9.53 Å². The minimum Gasteiger partial charge on any atom is -0.450 e. The SMILES string of the molecule is CCCCOC(=O)NCCCN=[N+]=[N-]. The van der Waals surface area contributed by atoms with Crippen LogP contribution in [0.3, 0.4) is 0 Å². The average molecular weight is 200 g/mol. The van der Waals surface area contributed by atoms with Gasteiger partial charge in [0.05, 0.1) is 6.61 Å². The van der Waals surface area contributed by atoms with Crippen molar-refractivity contribution >= 4 is 6.09 Å². The molecule has 0 rings (SSSR count). The molecular weight excluding hydrogens is 184 g/mol. The summed E-state index contributed by atoms with van der Waals surface area (Å²) in [6.45, 7) is 3.36. The first-order valence-electron chi connectivity index (χ1n) is 4.72. The van der Waals surface area contributed by atoms with E-state index >= 15 is 0 Å². The summed E-state index contributed by atoms with van der Waals surface area (Å²) in [6.07, 6.45) is 2.11. The van der Waals surface area contributed by atoms with Gasteiger partial charge in [0, 0.05) is 18.0 Å². The third kappa shape index (κ3) is 8.67. The van der Waals surface area contributed by atoms with Crippen LogP contribution in [-0.2, 0) is 4.74 Å². The fourth-order valence-corrected chi connectivity index (χ4v) is 0.745. The number of carbonyl (C=O) groups excluding carboxylic acids is 1. The maximum atomic E-state index is 10.9. The van der Waals surface area contributed by atoms with E-state index < -0.39 is 6.09 Å². The topological polar surface area (TPSA) is 87.1 Å². The van der Waals surface area contributed by atoms with Gasteiger partial charge < -0.3 is 10.1 Å². The Morgan fingerprint density at radius 2 is 2.36 bits per heavy atom. The van der Waals surface area contributed by atoms with Gasteiger partial charge in [-0.15, -0.1) is 0 Å². The number of hydrogen-bond acceptors (Lipinski definition) is 3. The van der Waals surface area contributed by atoms with Crippen LogP contribution in [0.1, 0.15) is 26.2 Å². The van der Waals surface area contributed by atoms with Gasteiger partial charge in [-0.3, -0.25) is 0 Å². The molecule has 0 heterocycles. The summed E-state index contributed by atoms with van der Waals surface area (Å²) in [4.78, 5) is 13.5. The van der Waals surface area contributed by atoms with Crippen LogP contribution in [0.4, 0.5) is 4.79 Å². The van der Waals surface area contributed by atoms with Crippen molar-refractivity contribution in [3.05, 3.63) is 10.4 Å². The maximum absolute atomic E-state index is 10.9. The Labute approximate surface area is 83.3 Å². The van der Waals surface area contributed by atoms with E-state index in [0.29, 0.717) is 26.1 Å². The Balaban J connectivity index is 3.22. The van der Waals surface area contributed by atoms with Gasteiger partial charge in [0.1, 0.15) is 0 Å². The third-order valence-corrected chi connectivity index (χ3v) is 1.50. The van der Waals surface area contributed by atoms with Crippen LogP contribution in [-0.4, -0.2) is 25.8 Å². The highest BCUT2D eigenvalue weighted by molar-refractivity contribution is 5.66. The number of hydrogen-bond donors (Lipinski definition) is 1. The molecule has 0 aromatic heterocycles. The number of ether oxygens (including phenoxy) is 1. The smallest absolute Gasteiger partial charge is 0.407 e. The van der Waals surface area contributed by atoms with Crippen LogP contribution in [0.5, 0.6) is 0 Å². The van der Waals surface area contributed by atoms with Crippen LogP contribution < -0.4 is 5.32 Å². The number of alkyl carbamates (subject to hydrolysis) is 1. The summed E-state index contributed by atoms with van der Waals surface area (Å²) in [5.41, 5.74) is 7.96. The summed E-state index contributed by atoms with van der Waals surface area (Å²) < 4.78 is 4.84. The lowest BCUT2D eigenvalue weighted by Gasteiger charge is -2.04. The lowest BCUT2D eigenvalue weighted by atomic mass is 10.4. The Morgan fingerprint density at radius 1 is 1.57 bits per heavy atom. The van der Waals surface area contributed by atoms with E-state index in [1.807, 2.05) is 6.92 Å². The Bertz CT molecular complexity index is 202. The summed E-state index contributed by atoms with van der Waals surface area (Å²) in [7, 11) is 0. The molecule has 0 aromatic carbocycles. The number of unbranched alkanes of at least 4 members (excludes halogenated alkanes) is 1. The van der Waals surface area contributed by atoms with E-state index in [2.05, 4.69) is 15.3 Å². The van der Waals surface area contributed by atoms with Crippen molar-refractivity contribution in [2.24, 2.45) is 5.11 Å². The zero-order valence-electron chi connectivity index (χ0n) is 8.40. The molecule has 1 N–H and O–H groups in total. The summed E-state index contributed by atoms with van der Waals surface area (Å²) in [5.74, 6) is 0. The van der Waals surface area contributed by atoms with Crippen molar-refractivity contribution in [3.63, 3.8) is 0 Å². The van der Waals surface area contributed by atoms with E-state index in [0.717, 1.165) is 12.8 Å². The molecule has 0 aliphatic rings. The molecule has 0 aliphatic heterocycles. The molecule has 0 aromatic rings. The Morgan fingerprint density at radius 3 is 3.00 bits per heavy atom. The lowest BCUT2D eigenvalue weighted by molar-refractivity contribution is 0.144. The van der Waals surface area contributed by atoms with Gasteiger partial charge in [0.2, 0.25) is 0 Å². The molecule has 0 radical (unpaired) electrons. The maximum Gasteiger partial charge on any atom is 0.407 e. The minimum absolute atomic E-state index is 0.395. The van der Waals surface area contributed by atoms with Gasteiger partial charge in [0.25, 0.3) is 0 Å². The molecule has 14 heavy (non-hydrogen) atoms. The van der Waals surface area contributed by atoms with Gasteiger partial charge in [-0.2, -0.15) is 0 Å². The zero-order valence-corrected chi connectivity index (χ0v) is 8.40. The van der Waals surface area contributed by atoms with Gasteiger partial charge in [0.15, 0.2) is 0 Å². The molecule has 0 aliphatic carbocycles. The molecule has 0 bridgehead atoms. The first-order chi connectivity index (χ1) is 6.81. The van der Waals surface area contributed by atoms with E-state index in [1.54, 1.807) is 0 Å². The van der Waals surface area contributed by atoms with E-state index in [1.165, 1.54) is 0 Å². The third-order valence-electron chi connectivity index (χ3n) is 1.50. The highest BCUT2D eigenvalue weighted by Crippen LogP contribution is 1.88. The number of rotatable bonds is 7. The fourth-order valence-electron chi connectivity index (χ4n) is 0.745. The molecule has 0 unspecified atom stereocenters. The van der Waals surface area contributed by atoms with Crippen molar-refractivity contribution in [3.8, 4) is 0 Å². The summed E-state index contributed by atoms with van der Waals surface area (Å²) >= 11 is 0. The second-order valence-corrected chi connectivity index (χ2v) is 2.72. The van der Waals surface area contributed by atoms with Gasteiger partial charge in [-0.1, -0.05) is 18.5 Å². The fraction of sp³-hybridized carbons (Fsp3) is 0.875. The average Bonchev–Trinajstić information content (AvgIpc) is 2.18. The molecule has 0 saturated carbocycles. The minimum atomic E-state index is -0.403. The normalized spacial score (nSPS) is 8.93. The van der Waals surface area contributed by atoms with Crippen molar-refractivity contribution in [1.82, 2.24) is 5.32 Å². The predicted molar refractivity (Wildman–Crippen MR) is 52.9 cm³/mol. The Hall–Kier alpha value is -1.42. The first-order valence-corrected chi connectivity index (χ1v) is 4.72. The zero-order chi connectivity index (χ0) is 10.6. The molecule has 0 fully saturated rings. The quantitative estimate of drug-likeness (QED) is 0.295. The lowest BCUT2D eigenvalue weighted by Crippen LogP contribution is -2.26. The second-order valence-electron chi connectivity index (χ2n) is 2.72. The number of nitrogens with zero attached hydrogens (tertiary/aromatic N) is 3. The first kappa shape index (κ1) is 12.6. The van der Waals surface area contributed by atoms with Crippen molar-refractivity contribution in [2.45, 2.75) is 26.2 Å². The summed E-state index contributed by atoms with van der Waals surface area (Å²) in [6, 6.07) is 0. The van der Waals surface area contributed by atoms with E-state index in [9.17, 15) is 4.79 Å². The number of nitrogens with one attached hydrogen (secondary N) is 1. The molecule has 80 valence electrons. The molecule has 0 atom stereocenters. The van der Waals surface area contributed by atoms with Crippen LogP contribution in [0.15, 0.2) is 5.11 Å². The number of amides is 1. The van der Waals surface area contributed by atoms with Crippen LogP contribution in [0, 0.1) is 0 Å². The highest BCUT2D eigenvalue weighted by Gasteiger charge is 1.98. The standard InChI is InChI=1S/C8H16N4O2/c1-2-3-7-14-8(13)10-5-4-6-11-12-9/h2-7H2,1H3,(H,10,13). The highest BCUT2D eigenvalue weighted by atomic mass is 16.5. The molecule has 6 heteroatoms. The molecular formula is C8H16N4O2. The van der Waals surface area contributed by atoms with Crippen molar-refractivity contribution in [2.75, 3.05) is 19.7 Å². The van der Waals surface area contributed by atoms with Crippen LogP contribution in [0.2, 0.25) is 0 Å². The van der Waals surface area contributed by atoms with E-state index in [4.69, 9.17) is 10.3 Å². The number of azide groups is 1. The molecule has 1 amide bonds. The van der Waals surface area contributed by atoms with Crippen LogP contribution in [0.25, 0.3) is 10.4 Å². The molecule has 6 nitrogen and oxygen atoms in total. The van der Waals surface area contributed by atoms with Gasteiger partial charge in [-0.05, 0) is 18.4 Å². The molecule has 0 spiro atoms.